The minimum atomic E-state index is -0.247. The van der Waals surface area contributed by atoms with Gasteiger partial charge in [0, 0.05) is 5.70 Å². The number of aryl methyl sites for hydroxylation is 1. The number of anilines is 1. The molecule has 0 saturated heterocycles. The zero-order valence-corrected chi connectivity index (χ0v) is 12.6. The highest BCUT2D eigenvalue weighted by molar-refractivity contribution is 5.77. The van der Waals surface area contributed by atoms with Gasteiger partial charge in [0.1, 0.15) is 18.2 Å². The highest BCUT2D eigenvalue weighted by Gasteiger charge is 2.23. The Hall–Kier alpha value is -2.95. The first-order valence-electron chi connectivity index (χ1n) is 7.41. The molecule has 0 spiro atoms. The zero-order chi connectivity index (χ0) is 15.8. The lowest BCUT2D eigenvalue weighted by atomic mass is 10.0. The number of nitrogens with zero attached hydrogens (tertiary/aromatic N) is 3. The number of aromatic nitrogens is 3. The van der Waals surface area contributed by atoms with Crippen LogP contribution >= 0.6 is 0 Å². The smallest absolute Gasteiger partial charge is 0.226 e. The van der Waals surface area contributed by atoms with Gasteiger partial charge in [-0.25, -0.2) is 9.07 Å². The molecule has 0 amide bonds. The van der Waals surface area contributed by atoms with Crippen LogP contribution in [0.15, 0.2) is 60.9 Å². The van der Waals surface area contributed by atoms with Crippen molar-refractivity contribution in [1.29, 1.82) is 0 Å². The number of hydrogen-bond acceptors (Lipinski definition) is 3. The monoisotopic (exact) mass is 306 g/mol. The Labute approximate surface area is 133 Å². The predicted octanol–water partition coefficient (Wildman–Crippen LogP) is 3.78. The molecule has 0 unspecified atom stereocenters. The first-order chi connectivity index (χ1) is 11.2. The molecule has 1 atom stereocenters. The zero-order valence-electron chi connectivity index (χ0n) is 12.6. The Bertz CT molecular complexity index is 863. The third kappa shape index (κ3) is 2.50. The summed E-state index contributed by atoms with van der Waals surface area (Å²) < 4.78 is 15.0. The molecule has 3 aromatic rings. The quantitative estimate of drug-likeness (QED) is 0.783. The van der Waals surface area contributed by atoms with Crippen molar-refractivity contribution in [1.82, 2.24) is 14.8 Å². The van der Waals surface area contributed by atoms with Crippen molar-refractivity contribution >= 4 is 11.6 Å². The highest BCUT2D eigenvalue weighted by atomic mass is 19.1. The molecule has 23 heavy (non-hydrogen) atoms. The largest absolute Gasteiger partial charge is 0.324 e. The lowest BCUT2D eigenvalue weighted by Crippen LogP contribution is -2.20. The van der Waals surface area contributed by atoms with E-state index in [1.807, 2.05) is 4.68 Å². The second-order valence-electron chi connectivity index (χ2n) is 5.60. The van der Waals surface area contributed by atoms with Crippen molar-refractivity contribution < 1.29 is 4.39 Å². The van der Waals surface area contributed by atoms with E-state index in [4.69, 9.17) is 0 Å². The van der Waals surface area contributed by atoms with Crippen molar-refractivity contribution in [3.8, 4) is 0 Å². The molecule has 1 aliphatic rings. The van der Waals surface area contributed by atoms with Gasteiger partial charge in [-0.3, -0.25) is 0 Å². The van der Waals surface area contributed by atoms with E-state index in [1.54, 1.807) is 12.1 Å². The molecule has 2 aromatic carbocycles. The van der Waals surface area contributed by atoms with Gasteiger partial charge in [0.2, 0.25) is 5.95 Å². The Balaban J connectivity index is 1.79. The highest BCUT2D eigenvalue weighted by Crippen LogP contribution is 2.31. The van der Waals surface area contributed by atoms with E-state index >= 15 is 0 Å². The second kappa shape index (κ2) is 5.35. The fourth-order valence-corrected chi connectivity index (χ4v) is 2.73. The number of fused-ring (bicyclic) bond motifs is 1. The summed E-state index contributed by atoms with van der Waals surface area (Å²) in [5.74, 6) is 0.431. The summed E-state index contributed by atoms with van der Waals surface area (Å²) in [5.41, 5.74) is 4.15. The molecular weight excluding hydrogens is 291 g/mol. The summed E-state index contributed by atoms with van der Waals surface area (Å²) in [4.78, 5) is 4.27. The minimum absolute atomic E-state index is 0.0468. The summed E-state index contributed by atoms with van der Waals surface area (Å²) in [6.07, 6.45) is 3.62. The SMILES string of the molecule is Cc1ccc([C@@H]2C=C(c3ccc(F)cc3)Nc3ncnn32)cc1. The van der Waals surface area contributed by atoms with E-state index in [-0.39, 0.29) is 11.9 Å². The molecular formula is C18H15FN4. The number of halogens is 1. The van der Waals surface area contributed by atoms with Crippen LogP contribution < -0.4 is 5.32 Å². The van der Waals surface area contributed by atoms with Gasteiger partial charge in [-0.05, 0) is 48.4 Å². The standard InChI is InChI=1S/C18H15FN4/c1-12-2-4-14(5-3-12)17-10-16(13-6-8-15(19)9-7-13)22-18-20-11-21-23(17)18/h2-11,17H,1H3,(H,20,21,22)/t17-/m0/s1. The number of rotatable bonds is 2. The molecule has 114 valence electrons. The summed E-state index contributed by atoms with van der Waals surface area (Å²) in [7, 11) is 0. The normalized spacial score (nSPS) is 16.4. The van der Waals surface area contributed by atoms with Crippen molar-refractivity contribution in [3.63, 3.8) is 0 Å². The Kier molecular flexibility index (Phi) is 3.19. The molecule has 1 aliphatic heterocycles. The summed E-state index contributed by atoms with van der Waals surface area (Å²) in [6.45, 7) is 2.06. The van der Waals surface area contributed by atoms with Gasteiger partial charge >= 0.3 is 0 Å². The van der Waals surface area contributed by atoms with Crippen LogP contribution in [0, 0.1) is 12.7 Å². The molecule has 0 fully saturated rings. The van der Waals surface area contributed by atoms with E-state index in [0.717, 1.165) is 16.8 Å². The van der Waals surface area contributed by atoms with Gasteiger partial charge in [0.15, 0.2) is 0 Å². The van der Waals surface area contributed by atoms with Crippen LogP contribution in [0.1, 0.15) is 22.7 Å². The van der Waals surface area contributed by atoms with Crippen LogP contribution in [-0.4, -0.2) is 14.8 Å². The van der Waals surface area contributed by atoms with Crippen molar-refractivity contribution in [3.05, 3.63) is 83.4 Å². The summed E-state index contributed by atoms with van der Waals surface area (Å²) in [5, 5.41) is 7.57. The molecule has 0 bridgehead atoms. The van der Waals surface area contributed by atoms with Gasteiger partial charge in [0.05, 0.1) is 0 Å². The summed E-state index contributed by atoms with van der Waals surface area (Å²) >= 11 is 0. The molecule has 5 heteroatoms. The molecule has 2 heterocycles. The Morgan fingerprint density at radius 2 is 1.78 bits per heavy atom. The fraction of sp³-hybridized carbons (Fsp3) is 0.111. The van der Waals surface area contributed by atoms with E-state index in [1.165, 1.54) is 24.0 Å². The Morgan fingerprint density at radius 1 is 1.04 bits per heavy atom. The second-order valence-corrected chi connectivity index (χ2v) is 5.60. The van der Waals surface area contributed by atoms with Gasteiger partial charge in [-0.1, -0.05) is 29.8 Å². The lowest BCUT2D eigenvalue weighted by molar-refractivity contribution is 0.611. The topological polar surface area (TPSA) is 42.7 Å². The average molecular weight is 306 g/mol. The molecule has 0 saturated carbocycles. The Morgan fingerprint density at radius 3 is 2.52 bits per heavy atom. The fourth-order valence-electron chi connectivity index (χ4n) is 2.73. The van der Waals surface area contributed by atoms with Crippen LogP contribution in [0.3, 0.4) is 0 Å². The lowest BCUT2D eigenvalue weighted by Gasteiger charge is -2.24. The first-order valence-corrected chi connectivity index (χ1v) is 7.41. The third-order valence-corrected chi connectivity index (χ3v) is 3.98. The summed E-state index contributed by atoms with van der Waals surface area (Å²) in [6, 6.07) is 14.7. The van der Waals surface area contributed by atoms with Gasteiger partial charge in [-0.2, -0.15) is 10.1 Å². The van der Waals surface area contributed by atoms with E-state index in [9.17, 15) is 4.39 Å². The van der Waals surface area contributed by atoms with Crippen LogP contribution in [0.2, 0.25) is 0 Å². The average Bonchev–Trinajstić information content (AvgIpc) is 3.04. The van der Waals surface area contributed by atoms with Crippen LogP contribution in [0.25, 0.3) is 5.70 Å². The van der Waals surface area contributed by atoms with Crippen molar-refractivity contribution in [2.24, 2.45) is 0 Å². The molecule has 1 aromatic heterocycles. The number of nitrogens with one attached hydrogen (secondary N) is 1. The van der Waals surface area contributed by atoms with Crippen LogP contribution in [0.5, 0.6) is 0 Å². The molecule has 0 aliphatic carbocycles. The number of allylic oxidation sites excluding steroid dienone is 1. The van der Waals surface area contributed by atoms with E-state index in [2.05, 4.69) is 52.7 Å². The molecule has 4 rings (SSSR count). The van der Waals surface area contributed by atoms with Gasteiger partial charge in [-0.15, -0.1) is 0 Å². The molecule has 1 N–H and O–H groups in total. The predicted molar refractivity (Wildman–Crippen MR) is 87.3 cm³/mol. The maximum Gasteiger partial charge on any atom is 0.226 e. The third-order valence-electron chi connectivity index (χ3n) is 3.98. The van der Waals surface area contributed by atoms with E-state index in [0.29, 0.717) is 5.95 Å². The van der Waals surface area contributed by atoms with Gasteiger partial charge < -0.3 is 5.32 Å². The number of benzene rings is 2. The maximum absolute atomic E-state index is 13.2. The van der Waals surface area contributed by atoms with Crippen LogP contribution in [-0.2, 0) is 0 Å². The van der Waals surface area contributed by atoms with E-state index < -0.39 is 0 Å². The molecule has 4 nitrogen and oxygen atoms in total. The minimum Gasteiger partial charge on any atom is -0.324 e. The van der Waals surface area contributed by atoms with Crippen molar-refractivity contribution in [2.75, 3.05) is 5.32 Å². The molecule has 0 radical (unpaired) electrons. The van der Waals surface area contributed by atoms with Crippen molar-refractivity contribution in [2.45, 2.75) is 13.0 Å². The van der Waals surface area contributed by atoms with Gasteiger partial charge in [0.25, 0.3) is 0 Å². The first kappa shape index (κ1) is 13.7. The maximum atomic E-state index is 13.2. The van der Waals surface area contributed by atoms with Crippen LogP contribution in [0.4, 0.5) is 10.3 Å². The number of hydrogen-bond donors (Lipinski definition) is 1.